The third-order valence-corrected chi connectivity index (χ3v) is 4.93. The molecule has 3 rings (SSSR count). The van der Waals surface area contributed by atoms with Crippen LogP contribution in [0, 0.1) is 0 Å². The number of anilines is 2. The molecule has 33 heavy (non-hydrogen) atoms. The van der Waals surface area contributed by atoms with Gasteiger partial charge in [0.05, 0.1) is 19.8 Å². The Balaban J connectivity index is 1.65. The van der Waals surface area contributed by atoms with Gasteiger partial charge in [-0.25, -0.2) is 4.79 Å². The van der Waals surface area contributed by atoms with Gasteiger partial charge in [-0.05, 0) is 36.4 Å². The molecule has 0 saturated carbocycles. The van der Waals surface area contributed by atoms with E-state index in [0.717, 1.165) is 0 Å². The van der Waals surface area contributed by atoms with Crippen LogP contribution in [0.2, 0.25) is 0 Å². The first-order valence-corrected chi connectivity index (χ1v) is 10.1. The zero-order valence-electron chi connectivity index (χ0n) is 18.5. The molecule has 4 amide bonds. The lowest BCUT2D eigenvalue weighted by Crippen LogP contribution is -2.36. The Morgan fingerprint density at radius 1 is 0.848 bits per heavy atom. The molecule has 1 aliphatic carbocycles. The minimum absolute atomic E-state index is 0.168. The average molecular weight is 451 g/mol. The number of carbonyl (C=O) groups excluding carboxylic acids is 3. The van der Waals surface area contributed by atoms with Gasteiger partial charge < -0.3 is 24.8 Å². The van der Waals surface area contributed by atoms with Gasteiger partial charge in [0.2, 0.25) is 0 Å². The standard InChI is InChI=1S/C24H25N3O6/c1-31-19-14-21(33-3)20(32-2)13-18(19)23(29)27-24(30)26-17-11-7-10-16(12-17)25-22(28)15-8-5-4-6-9-15/h4-13,21H,14H2,1-3H3,(H,25,28)(H2,26,27,29,30). The van der Waals surface area contributed by atoms with Crippen LogP contribution in [0.4, 0.5) is 16.2 Å². The van der Waals surface area contributed by atoms with E-state index in [1.807, 2.05) is 6.07 Å². The topological polar surface area (TPSA) is 115 Å². The van der Waals surface area contributed by atoms with Gasteiger partial charge in [0.1, 0.15) is 17.6 Å². The quantitative estimate of drug-likeness (QED) is 0.594. The molecule has 2 aromatic rings. The van der Waals surface area contributed by atoms with Gasteiger partial charge >= 0.3 is 6.03 Å². The van der Waals surface area contributed by atoms with E-state index >= 15 is 0 Å². The Kier molecular flexibility index (Phi) is 7.82. The minimum atomic E-state index is -0.740. The number of methoxy groups -OCH3 is 3. The number of rotatable bonds is 7. The number of carbonyl (C=O) groups is 3. The minimum Gasteiger partial charge on any atom is -0.500 e. The number of hydrogen-bond acceptors (Lipinski definition) is 6. The first-order chi connectivity index (χ1) is 15.9. The molecule has 0 fully saturated rings. The Morgan fingerprint density at radius 3 is 2.18 bits per heavy atom. The van der Waals surface area contributed by atoms with Crippen LogP contribution in [0.3, 0.4) is 0 Å². The molecule has 0 heterocycles. The second-order valence-electron chi connectivity index (χ2n) is 7.03. The van der Waals surface area contributed by atoms with E-state index in [-0.39, 0.29) is 17.6 Å². The number of imide groups is 1. The Labute approximate surface area is 191 Å². The molecule has 0 bridgehead atoms. The molecular formula is C24H25N3O6. The van der Waals surface area contributed by atoms with Crippen molar-refractivity contribution in [3.8, 4) is 0 Å². The molecule has 3 N–H and O–H groups in total. The van der Waals surface area contributed by atoms with Crippen molar-refractivity contribution in [1.82, 2.24) is 5.32 Å². The SMILES string of the molecule is COC1=CC(C(=O)NC(=O)Nc2cccc(NC(=O)c3ccccc3)c2)=C(OC)CC1OC. The predicted molar refractivity (Wildman–Crippen MR) is 123 cm³/mol. The van der Waals surface area contributed by atoms with Crippen LogP contribution in [0.1, 0.15) is 16.8 Å². The molecule has 0 spiro atoms. The second kappa shape index (κ2) is 11.0. The summed E-state index contributed by atoms with van der Waals surface area (Å²) in [5.74, 6) is -0.106. The summed E-state index contributed by atoms with van der Waals surface area (Å²) in [6, 6.07) is 14.6. The summed E-state index contributed by atoms with van der Waals surface area (Å²) in [6.07, 6.45) is 1.39. The van der Waals surface area contributed by atoms with Crippen LogP contribution in [0.25, 0.3) is 0 Å². The highest BCUT2D eigenvalue weighted by Crippen LogP contribution is 2.27. The summed E-state index contributed by atoms with van der Waals surface area (Å²) in [4.78, 5) is 37.4. The second-order valence-corrected chi connectivity index (χ2v) is 7.03. The summed E-state index contributed by atoms with van der Waals surface area (Å²) < 4.78 is 15.9. The fourth-order valence-electron chi connectivity index (χ4n) is 3.27. The number of nitrogens with one attached hydrogen (secondary N) is 3. The molecule has 9 nitrogen and oxygen atoms in total. The van der Waals surface area contributed by atoms with E-state index in [0.29, 0.717) is 34.9 Å². The first-order valence-electron chi connectivity index (χ1n) is 10.1. The lowest BCUT2D eigenvalue weighted by Gasteiger charge is -2.24. The summed E-state index contributed by atoms with van der Waals surface area (Å²) >= 11 is 0. The zero-order chi connectivity index (χ0) is 23.8. The number of hydrogen-bond donors (Lipinski definition) is 3. The summed E-state index contributed by atoms with van der Waals surface area (Å²) in [5.41, 5.74) is 1.56. The highest BCUT2D eigenvalue weighted by molar-refractivity contribution is 6.09. The van der Waals surface area contributed by atoms with E-state index in [4.69, 9.17) is 14.2 Å². The lowest BCUT2D eigenvalue weighted by atomic mass is 10.00. The smallest absolute Gasteiger partial charge is 0.326 e. The van der Waals surface area contributed by atoms with Gasteiger partial charge in [0, 0.05) is 30.5 Å². The van der Waals surface area contributed by atoms with E-state index in [9.17, 15) is 14.4 Å². The maximum Gasteiger partial charge on any atom is 0.326 e. The monoisotopic (exact) mass is 451 g/mol. The van der Waals surface area contributed by atoms with Crippen LogP contribution >= 0.6 is 0 Å². The van der Waals surface area contributed by atoms with Gasteiger partial charge in [-0.1, -0.05) is 24.3 Å². The molecule has 0 radical (unpaired) electrons. The molecule has 0 aliphatic heterocycles. The van der Waals surface area contributed by atoms with Gasteiger partial charge in [-0.3, -0.25) is 14.9 Å². The third-order valence-electron chi connectivity index (χ3n) is 4.93. The van der Waals surface area contributed by atoms with Crippen molar-refractivity contribution >= 4 is 29.2 Å². The van der Waals surface area contributed by atoms with Crippen molar-refractivity contribution < 1.29 is 28.6 Å². The normalized spacial score (nSPS) is 15.2. The maximum atomic E-state index is 12.7. The van der Waals surface area contributed by atoms with E-state index in [1.165, 1.54) is 27.4 Å². The fourth-order valence-corrected chi connectivity index (χ4v) is 3.27. The van der Waals surface area contributed by atoms with Gasteiger partial charge in [0.25, 0.3) is 11.8 Å². The van der Waals surface area contributed by atoms with Gasteiger partial charge in [0.15, 0.2) is 0 Å². The first kappa shape index (κ1) is 23.6. The molecule has 0 saturated heterocycles. The molecular weight excluding hydrogens is 426 g/mol. The van der Waals surface area contributed by atoms with Crippen molar-refractivity contribution in [3.05, 3.63) is 83.3 Å². The summed E-state index contributed by atoms with van der Waals surface area (Å²) in [7, 11) is 4.44. The highest BCUT2D eigenvalue weighted by atomic mass is 16.5. The lowest BCUT2D eigenvalue weighted by molar-refractivity contribution is -0.116. The third kappa shape index (κ3) is 5.98. The summed E-state index contributed by atoms with van der Waals surface area (Å²) in [6.45, 7) is 0. The van der Waals surface area contributed by atoms with Gasteiger partial charge in [-0.15, -0.1) is 0 Å². The van der Waals surface area contributed by atoms with E-state index in [1.54, 1.807) is 48.5 Å². The largest absolute Gasteiger partial charge is 0.500 e. The van der Waals surface area contributed by atoms with Crippen LogP contribution in [-0.4, -0.2) is 45.3 Å². The van der Waals surface area contributed by atoms with Crippen molar-refractivity contribution in [1.29, 1.82) is 0 Å². The molecule has 9 heteroatoms. The van der Waals surface area contributed by atoms with E-state index in [2.05, 4.69) is 16.0 Å². The highest BCUT2D eigenvalue weighted by Gasteiger charge is 2.28. The number of ether oxygens (including phenoxy) is 3. The van der Waals surface area contributed by atoms with Crippen LogP contribution in [-0.2, 0) is 19.0 Å². The van der Waals surface area contributed by atoms with E-state index < -0.39 is 11.9 Å². The molecule has 2 aromatic carbocycles. The van der Waals surface area contributed by atoms with Gasteiger partial charge in [-0.2, -0.15) is 0 Å². The van der Waals surface area contributed by atoms with Crippen LogP contribution in [0.5, 0.6) is 0 Å². The summed E-state index contributed by atoms with van der Waals surface area (Å²) in [5, 5.41) is 7.62. The fraction of sp³-hybridized carbons (Fsp3) is 0.208. The molecule has 0 aromatic heterocycles. The number of amides is 4. The Bertz CT molecular complexity index is 1090. The molecule has 172 valence electrons. The number of urea groups is 1. The van der Waals surface area contributed by atoms with Crippen molar-refractivity contribution in [2.45, 2.75) is 12.5 Å². The van der Waals surface area contributed by atoms with Crippen molar-refractivity contribution in [2.75, 3.05) is 32.0 Å². The number of benzene rings is 2. The Morgan fingerprint density at radius 2 is 1.55 bits per heavy atom. The zero-order valence-corrected chi connectivity index (χ0v) is 18.5. The average Bonchev–Trinajstić information content (AvgIpc) is 2.83. The maximum absolute atomic E-state index is 12.7. The van der Waals surface area contributed by atoms with Crippen LogP contribution < -0.4 is 16.0 Å². The molecule has 1 aliphatic rings. The molecule has 1 unspecified atom stereocenters. The van der Waals surface area contributed by atoms with Crippen LogP contribution in [0.15, 0.2) is 77.8 Å². The predicted octanol–water partition coefficient (Wildman–Crippen LogP) is 3.44. The Hall–Kier alpha value is -4.11. The van der Waals surface area contributed by atoms with Crippen molar-refractivity contribution in [2.24, 2.45) is 0 Å². The molecule has 1 atom stereocenters. The van der Waals surface area contributed by atoms with Crippen molar-refractivity contribution in [3.63, 3.8) is 0 Å².